The van der Waals surface area contributed by atoms with E-state index in [1.807, 2.05) is 38.2 Å². The van der Waals surface area contributed by atoms with E-state index in [4.69, 9.17) is 0 Å². The van der Waals surface area contributed by atoms with Gasteiger partial charge in [-0.15, -0.1) is 5.10 Å². The SMILES string of the molecule is CCNC(=O)Cc1ccc(NCc2cnnn2C)cc1. The van der Waals surface area contributed by atoms with Crippen LogP contribution in [-0.4, -0.2) is 27.4 Å². The van der Waals surface area contributed by atoms with Crippen molar-refractivity contribution in [3.63, 3.8) is 0 Å². The Bertz CT molecular complexity index is 561. The molecule has 0 aliphatic heterocycles. The molecule has 0 saturated carbocycles. The topological polar surface area (TPSA) is 71.8 Å². The van der Waals surface area contributed by atoms with E-state index in [0.29, 0.717) is 19.5 Å². The predicted molar refractivity (Wildman–Crippen MR) is 77.2 cm³/mol. The molecule has 106 valence electrons. The average molecular weight is 273 g/mol. The number of hydrogen-bond donors (Lipinski definition) is 2. The van der Waals surface area contributed by atoms with Crippen LogP contribution < -0.4 is 10.6 Å². The van der Waals surface area contributed by atoms with Gasteiger partial charge in [0.05, 0.1) is 24.9 Å². The van der Waals surface area contributed by atoms with Crippen molar-refractivity contribution in [3.05, 3.63) is 41.7 Å². The van der Waals surface area contributed by atoms with Gasteiger partial charge in [0, 0.05) is 19.3 Å². The number of aryl methyl sites for hydroxylation is 1. The molecule has 6 nitrogen and oxygen atoms in total. The highest BCUT2D eigenvalue weighted by Gasteiger charge is 2.03. The molecule has 2 rings (SSSR count). The number of likely N-dealkylation sites (N-methyl/N-ethyl adjacent to an activating group) is 1. The van der Waals surface area contributed by atoms with Crippen LogP contribution in [0.4, 0.5) is 5.69 Å². The van der Waals surface area contributed by atoms with Crippen LogP contribution in [-0.2, 0) is 24.8 Å². The summed E-state index contributed by atoms with van der Waals surface area (Å²) in [5.41, 5.74) is 3.02. The van der Waals surface area contributed by atoms with E-state index in [0.717, 1.165) is 16.9 Å². The van der Waals surface area contributed by atoms with Gasteiger partial charge >= 0.3 is 0 Å². The number of benzene rings is 1. The van der Waals surface area contributed by atoms with Crippen molar-refractivity contribution in [1.82, 2.24) is 20.3 Å². The van der Waals surface area contributed by atoms with Crippen molar-refractivity contribution < 1.29 is 4.79 Å². The Balaban J connectivity index is 1.88. The summed E-state index contributed by atoms with van der Waals surface area (Å²) in [6.07, 6.45) is 2.15. The fourth-order valence-electron chi connectivity index (χ4n) is 1.85. The second-order valence-electron chi connectivity index (χ2n) is 4.53. The molecule has 0 aliphatic carbocycles. The van der Waals surface area contributed by atoms with Crippen LogP contribution in [0.3, 0.4) is 0 Å². The van der Waals surface area contributed by atoms with Crippen LogP contribution in [0.15, 0.2) is 30.5 Å². The third-order valence-electron chi connectivity index (χ3n) is 2.97. The quantitative estimate of drug-likeness (QED) is 0.827. The molecule has 0 unspecified atom stereocenters. The summed E-state index contributed by atoms with van der Waals surface area (Å²) < 4.78 is 1.73. The number of nitrogens with one attached hydrogen (secondary N) is 2. The second kappa shape index (κ2) is 6.70. The molecule has 1 heterocycles. The van der Waals surface area contributed by atoms with Crippen molar-refractivity contribution in [2.75, 3.05) is 11.9 Å². The maximum absolute atomic E-state index is 11.5. The van der Waals surface area contributed by atoms with Crippen LogP contribution in [0.1, 0.15) is 18.2 Å². The van der Waals surface area contributed by atoms with E-state index < -0.39 is 0 Å². The van der Waals surface area contributed by atoms with Crippen molar-refractivity contribution in [2.24, 2.45) is 7.05 Å². The zero-order valence-electron chi connectivity index (χ0n) is 11.8. The molecular formula is C14H19N5O. The molecule has 0 saturated heterocycles. The van der Waals surface area contributed by atoms with Gasteiger partial charge < -0.3 is 10.6 Å². The summed E-state index contributed by atoms with van der Waals surface area (Å²) >= 11 is 0. The summed E-state index contributed by atoms with van der Waals surface area (Å²) in [5.74, 6) is 0.0502. The molecular weight excluding hydrogens is 254 g/mol. The fourth-order valence-corrected chi connectivity index (χ4v) is 1.85. The Labute approximate surface area is 118 Å². The normalized spacial score (nSPS) is 10.3. The van der Waals surface area contributed by atoms with Crippen molar-refractivity contribution >= 4 is 11.6 Å². The van der Waals surface area contributed by atoms with E-state index in [1.165, 1.54) is 0 Å². The Kier molecular flexibility index (Phi) is 4.70. The van der Waals surface area contributed by atoms with Gasteiger partial charge in [-0.1, -0.05) is 17.3 Å². The molecule has 0 bridgehead atoms. The van der Waals surface area contributed by atoms with Crippen LogP contribution in [0.2, 0.25) is 0 Å². The summed E-state index contributed by atoms with van der Waals surface area (Å²) in [4.78, 5) is 11.5. The minimum Gasteiger partial charge on any atom is -0.379 e. The van der Waals surface area contributed by atoms with Crippen molar-refractivity contribution in [3.8, 4) is 0 Å². The smallest absolute Gasteiger partial charge is 0.224 e. The highest BCUT2D eigenvalue weighted by Crippen LogP contribution is 2.11. The first-order valence-corrected chi connectivity index (χ1v) is 6.62. The first-order chi connectivity index (χ1) is 9.69. The summed E-state index contributed by atoms with van der Waals surface area (Å²) in [6.45, 7) is 3.24. The maximum Gasteiger partial charge on any atom is 0.224 e. The fraction of sp³-hybridized carbons (Fsp3) is 0.357. The molecule has 0 aliphatic rings. The molecule has 0 spiro atoms. The third kappa shape index (κ3) is 3.81. The van der Waals surface area contributed by atoms with Crippen LogP contribution in [0.25, 0.3) is 0 Å². The molecule has 20 heavy (non-hydrogen) atoms. The van der Waals surface area contributed by atoms with Gasteiger partial charge in [-0.3, -0.25) is 9.48 Å². The van der Waals surface area contributed by atoms with Gasteiger partial charge in [-0.25, -0.2) is 0 Å². The summed E-state index contributed by atoms with van der Waals surface area (Å²) in [5, 5.41) is 13.8. The first kappa shape index (κ1) is 14.0. The largest absolute Gasteiger partial charge is 0.379 e. The van der Waals surface area contributed by atoms with Crippen LogP contribution in [0, 0.1) is 0 Å². The van der Waals surface area contributed by atoms with E-state index in [1.54, 1.807) is 10.9 Å². The highest BCUT2D eigenvalue weighted by molar-refractivity contribution is 5.78. The van der Waals surface area contributed by atoms with E-state index in [2.05, 4.69) is 20.9 Å². The maximum atomic E-state index is 11.5. The lowest BCUT2D eigenvalue weighted by atomic mass is 10.1. The van der Waals surface area contributed by atoms with E-state index >= 15 is 0 Å². The zero-order valence-corrected chi connectivity index (χ0v) is 11.8. The Morgan fingerprint density at radius 2 is 2.05 bits per heavy atom. The molecule has 1 aromatic heterocycles. The molecule has 1 aromatic carbocycles. The van der Waals surface area contributed by atoms with Gasteiger partial charge in [0.2, 0.25) is 5.91 Å². The Morgan fingerprint density at radius 1 is 1.30 bits per heavy atom. The van der Waals surface area contributed by atoms with Gasteiger partial charge in [0.1, 0.15) is 0 Å². The summed E-state index contributed by atoms with van der Waals surface area (Å²) in [6, 6.07) is 7.86. The number of carbonyl (C=O) groups is 1. The van der Waals surface area contributed by atoms with Crippen molar-refractivity contribution in [2.45, 2.75) is 19.9 Å². The lowest BCUT2D eigenvalue weighted by molar-refractivity contribution is -0.120. The van der Waals surface area contributed by atoms with Gasteiger partial charge in [0.25, 0.3) is 0 Å². The van der Waals surface area contributed by atoms with Gasteiger partial charge in [-0.2, -0.15) is 0 Å². The van der Waals surface area contributed by atoms with E-state index in [9.17, 15) is 4.79 Å². The minimum atomic E-state index is 0.0502. The van der Waals surface area contributed by atoms with Crippen LogP contribution in [0.5, 0.6) is 0 Å². The number of anilines is 1. The molecule has 2 aromatic rings. The molecule has 0 atom stereocenters. The minimum absolute atomic E-state index is 0.0502. The standard InChI is InChI=1S/C14H19N5O/c1-3-15-14(20)8-11-4-6-12(7-5-11)16-9-13-10-17-18-19(13)2/h4-7,10,16H,3,8-9H2,1-2H3,(H,15,20). The molecule has 0 radical (unpaired) electrons. The van der Waals surface area contributed by atoms with E-state index in [-0.39, 0.29) is 5.91 Å². The molecule has 1 amide bonds. The molecule has 0 fully saturated rings. The Hall–Kier alpha value is -2.37. The summed E-state index contributed by atoms with van der Waals surface area (Å²) in [7, 11) is 1.86. The lowest BCUT2D eigenvalue weighted by Gasteiger charge is -2.07. The third-order valence-corrected chi connectivity index (χ3v) is 2.97. The second-order valence-corrected chi connectivity index (χ2v) is 4.53. The average Bonchev–Trinajstić information content (AvgIpc) is 2.84. The zero-order chi connectivity index (χ0) is 14.4. The predicted octanol–water partition coefficient (Wildman–Crippen LogP) is 1.11. The number of nitrogens with zero attached hydrogens (tertiary/aromatic N) is 3. The molecule has 6 heteroatoms. The number of aromatic nitrogens is 3. The monoisotopic (exact) mass is 273 g/mol. The first-order valence-electron chi connectivity index (χ1n) is 6.62. The Morgan fingerprint density at radius 3 is 2.65 bits per heavy atom. The highest BCUT2D eigenvalue weighted by atomic mass is 16.1. The number of amides is 1. The number of rotatable bonds is 6. The molecule has 2 N–H and O–H groups in total. The van der Waals surface area contributed by atoms with Gasteiger partial charge in [-0.05, 0) is 24.6 Å². The number of hydrogen-bond acceptors (Lipinski definition) is 4. The van der Waals surface area contributed by atoms with Crippen LogP contribution >= 0.6 is 0 Å². The van der Waals surface area contributed by atoms with Gasteiger partial charge in [0.15, 0.2) is 0 Å². The van der Waals surface area contributed by atoms with Crippen molar-refractivity contribution in [1.29, 1.82) is 0 Å². The lowest BCUT2D eigenvalue weighted by Crippen LogP contribution is -2.24. The number of carbonyl (C=O) groups excluding carboxylic acids is 1.